The number of rotatable bonds is 0. The first kappa shape index (κ1) is 15.9. The molecule has 4 nitrogen and oxygen atoms in total. The summed E-state index contributed by atoms with van der Waals surface area (Å²) in [5.74, 6) is 0. The van der Waals surface area contributed by atoms with Crippen LogP contribution in [-0.4, -0.2) is 71.5 Å². The van der Waals surface area contributed by atoms with E-state index >= 15 is 0 Å². The van der Waals surface area contributed by atoms with Crippen molar-refractivity contribution in [1.82, 2.24) is 9.80 Å². The maximum Gasteiger partial charge on any atom is 0.0567 e. The third-order valence-corrected chi connectivity index (χ3v) is 4.36. The summed E-state index contributed by atoms with van der Waals surface area (Å²) >= 11 is 0. The van der Waals surface area contributed by atoms with E-state index in [1.54, 1.807) is 0 Å². The molecule has 18 heavy (non-hydrogen) atoms. The normalized spacial score (nSPS) is 39.0. The molecule has 2 N–H and O–H groups in total. The molecule has 0 unspecified atom stereocenters. The van der Waals surface area contributed by atoms with Gasteiger partial charge in [0.1, 0.15) is 0 Å². The molecule has 2 heterocycles. The predicted octanol–water partition coefficient (Wildman–Crippen LogP) is 0.923. The Hall–Kier alpha value is -0.160. The van der Waals surface area contributed by atoms with Crippen LogP contribution in [0.15, 0.2) is 0 Å². The summed E-state index contributed by atoms with van der Waals surface area (Å²) in [5.41, 5.74) is 0. The van der Waals surface area contributed by atoms with Crippen molar-refractivity contribution in [2.75, 3.05) is 27.2 Å². The Balaban J connectivity index is 0.000000180. The van der Waals surface area contributed by atoms with Crippen molar-refractivity contribution in [2.45, 2.75) is 63.8 Å². The van der Waals surface area contributed by atoms with E-state index in [-0.39, 0.29) is 12.2 Å². The van der Waals surface area contributed by atoms with E-state index in [0.29, 0.717) is 12.1 Å². The molecule has 108 valence electrons. The number of nitrogens with zero attached hydrogens (tertiary/aromatic N) is 2. The molecule has 0 saturated carbocycles. The second-order valence-electron chi connectivity index (χ2n) is 6.02. The van der Waals surface area contributed by atoms with Gasteiger partial charge in [0.05, 0.1) is 12.2 Å². The van der Waals surface area contributed by atoms with E-state index in [0.717, 1.165) is 38.8 Å². The summed E-state index contributed by atoms with van der Waals surface area (Å²) in [6.07, 6.45) is 3.68. The van der Waals surface area contributed by atoms with Crippen molar-refractivity contribution in [3.05, 3.63) is 0 Å². The lowest BCUT2D eigenvalue weighted by Gasteiger charge is -2.32. The van der Waals surface area contributed by atoms with Crippen LogP contribution in [0.3, 0.4) is 0 Å². The quantitative estimate of drug-likeness (QED) is 0.678. The number of likely N-dealkylation sites (tertiary alicyclic amines) is 2. The Labute approximate surface area is 112 Å². The molecule has 0 aliphatic carbocycles. The summed E-state index contributed by atoms with van der Waals surface area (Å²) in [7, 11) is 4.22. The fourth-order valence-corrected chi connectivity index (χ4v) is 2.53. The third-order valence-electron chi connectivity index (χ3n) is 4.36. The van der Waals surface area contributed by atoms with Gasteiger partial charge in [-0.15, -0.1) is 0 Å². The highest BCUT2D eigenvalue weighted by Gasteiger charge is 2.20. The van der Waals surface area contributed by atoms with E-state index in [1.165, 1.54) is 0 Å². The fourth-order valence-electron chi connectivity index (χ4n) is 2.53. The first-order valence-electron chi connectivity index (χ1n) is 7.16. The van der Waals surface area contributed by atoms with Crippen molar-refractivity contribution in [3.8, 4) is 0 Å². The van der Waals surface area contributed by atoms with Gasteiger partial charge in [0, 0.05) is 25.2 Å². The largest absolute Gasteiger partial charge is 0.393 e. The first-order valence-corrected chi connectivity index (χ1v) is 7.16. The molecule has 0 spiro atoms. The number of hydrogen-bond acceptors (Lipinski definition) is 4. The molecule has 0 aromatic rings. The van der Waals surface area contributed by atoms with Gasteiger partial charge >= 0.3 is 0 Å². The van der Waals surface area contributed by atoms with Gasteiger partial charge < -0.3 is 20.0 Å². The Morgan fingerprint density at radius 3 is 1.33 bits per heavy atom. The summed E-state index contributed by atoms with van der Waals surface area (Å²) in [4.78, 5) is 4.57. The smallest absolute Gasteiger partial charge is 0.0567 e. The minimum atomic E-state index is -0.0452. The molecule has 0 aromatic heterocycles. The second kappa shape index (κ2) is 7.43. The Morgan fingerprint density at radius 1 is 0.778 bits per heavy atom. The molecule has 0 amide bonds. The highest BCUT2D eigenvalue weighted by molar-refractivity contribution is 4.75. The highest BCUT2D eigenvalue weighted by Crippen LogP contribution is 2.14. The van der Waals surface area contributed by atoms with Gasteiger partial charge in [-0.05, 0) is 53.6 Å². The molecular formula is C14H30N2O2. The minimum Gasteiger partial charge on any atom is -0.393 e. The van der Waals surface area contributed by atoms with Gasteiger partial charge in [0.2, 0.25) is 0 Å². The third kappa shape index (κ3) is 5.22. The number of aliphatic hydroxyl groups excluding tert-OH is 2. The zero-order chi connectivity index (χ0) is 13.7. The van der Waals surface area contributed by atoms with Crippen molar-refractivity contribution in [1.29, 1.82) is 0 Å². The van der Waals surface area contributed by atoms with Crippen LogP contribution in [0.2, 0.25) is 0 Å². The molecule has 2 fully saturated rings. The van der Waals surface area contributed by atoms with E-state index in [1.807, 2.05) is 0 Å². The van der Waals surface area contributed by atoms with E-state index in [2.05, 4.69) is 37.7 Å². The topological polar surface area (TPSA) is 46.9 Å². The molecule has 2 aliphatic heterocycles. The van der Waals surface area contributed by atoms with Crippen LogP contribution in [0.4, 0.5) is 0 Å². The van der Waals surface area contributed by atoms with Crippen LogP contribution < -0.4 is 0 Å². The standard InChI is InChI=1S/2C7H15NO/c2*1-6-5-7(9)3-4-8(6)2/h2*6-7,9H,3-5H2,1-2H3/t2*6-,7+/m10/s1. The number of hydrogen-bond donors (Lipinski definition) is 2. The molecule has 4 heteroatoms. The van der Waals surface area contributed by atoms with Crippen molar-refractivity contribution < 1.29 is 10.2 Å². The Bertz CT molecular complexity index is 214. The minimum absolute atomic E-state index is 0.0452. The lowest BCUT2D eigenvalue weighted by atomic mass is 10.0. The van der Waals surface area contributed by atoms with Crippen molar-refractivity contribution in [3.63, 3.8) is 0 Å². The second-order valence-corrected chi connectivity index (χ2v) is 6.02. The van der Waals surface area contributed by atoms with Crippen LogP contribution in [-0.2, 0) is 0 Å². The van der Waals surface area contributed by atoms with Gasteiger partial charge in [0.25, 0.3) is 0 Å². The summed E-state index contributed by atoms with van der Waals surface area (Å²) in [6.45, 7) is 6.40. The zero-order valence-electron chi connectivity index (χ0n) is 12.3. The Kier molecular flexibility index (Phi) is 6.57. The summed E-state index contributed by atoms with van der Waals surface area (Å²) < 4.78 is 0. The van der Waals surface area contributed by atoms with Gasteiger partial charge in [-0.25, -0.2) is 0 Å². The summed E-state index contributed by atoms with van der Waals surface area (Å²) in [5, 5.41) is 18.3. The average Bonchev–Trinajstić information content (AvgIpc) is 2.30. The fraction of sp³-hybridized carbons (Fsp3) is 1.00. The monoisotopic (exact) mass is 258 g/mol. The van der Waals surface area contributed by atoms with E-state index in [4.69, 9.17) is 0 Å². The average molecular weight is 258 g/mol. The van der Waals surface area contributed by atoms with Crippen molar-refractivity contribution in [2.24, 2.45) is 0 Å². The highest BCUT2D eigenvalue weighted by atomic mass is 16.3. The molecule has 2 rings (SSSR count). The number of piperidine rings is 2. The Morgan fingerprint density at radius 2 is 1.11 bits per heavy atom. The predicted molar refractivity (Wildman–Crippen MR) is 74.7 cm³/mol. The van der Waals surface area contributed by atoms with Crippen LogP contribution >= 0.6 is 0 Å². The maximum absolute atomic E-state index is 9.17. The van der Waals surface area contributed by atoms with E-state index in [9.17, 15) is 10.2 Å². The van der Waals surface area contributed by atoms with Crippen LogP contribution in [0.25, 0.3) is 0 Å². The van der Waals surface area contributed by atoms with Gasteiger partial charge in [-0.1, -0.05) is 0 Å². The molecule has 2 saturated heterocycles. The van der Waals surface area contributed by atoms with E-state index < -0.39 is 0 Å². The molecule has 0 bridgehead atoms. The van der Waals surface area contributed by atoms with Gasteiger partial charge in [-0.3, -0.25) is 0 Å². The van der Waals surface area contributed by atoms with Crippen LogP contribution in [0.1, 0.15) is 39.5 Å². The molecule has 0 radical (unpaired) electrons. The molecular weight excluding hydrogens is 228 g/mol. The van der Waals surface area contributed by atoms with Crippen LogP contribution in [0, 0.1) is 0 Å². The van der Waals surface area contributed by atoms with Gasteiger partial charge in [-0.2, -0.15) is 0 Å². The first-order chi connectivity index (χ1) is 8.40. The van der Waals surface area contributed by atoms with Gasteiger partial charge in [0.15, 0.2) is 0 Å². The van der Waals surface area contributed by atoms with Crippen LogP contribution in [0.5, 0.6) is 0 Å². The lowest BCUT2D eigenvalue weighted by molar-refractivity contribution is 0.0621. The lowest BCUT2D eigenvalue weighted by Crippen LogP contribution is -2.39. The molecule has 2 aliphatic rings. The SMILES string of the molecule is C[C@@H]1C[C@@H](O)CCN1C.C[C@H]1C[C@H](O)CCN1C. The zero-order valence-corrected chi connectivity index (χ0v) is 12.3. The van der Waals surface area contributed by atoms with Crippen molar-refractivity contribution >= 4 is 0 Å². The summed E-state index contributed by atoms with van der Waals surface area (Å²) in [6, 6.07) is 1.13. The maximum atomic E-state index is 9.17. The molecule has 0 aromatic carbocycles. The number of aliphatic hydroxyl groups is 2. The molecule has 4 atom stereocenters.